The summed E-state index contributed by atoms with van der Waals surface area (Å²) in [5, 5.41) is 9.31. The number of hydrogen-bond acceptors (Lipinski definition) is 3. The zero-order valence-corrected chi connectivity index (χ0v) is 15.7. The number of unbranched alkanes of at least 4 members (excludes halogenated alkanes) is 11. The summed E-state index contributed by atoms with van der Waals surface area (Å²) in [5.41, 5.74) is 0. The molecule has 2 atom stereocenters. The molecule has 1 heterocycles. The highest BCUT2D eigenvalue weighted by Crippen LogP contribution is 2.20. The molecule has 0 amide bonds. The second-order valence-corrected chi connectivity index (χ2v) is 7.18. The van der Waals surface area contributed by atoms with Crippen molar-refractivity contribution in [2.24, 2.45) is 0 Å². The van der Waals surface area contributed by atoms with E-state index in [1.807, 2.05) is 0 Å². The molecule has 3 nitrogen and oxygen atoms in total. The van der Waals surface area contributed by atoms with Crippen molar-refractivity contribution in [3.8, 4) is 0 Å². The fourth-order valence-electron chi connectivity index (χ4n) is 3.26. The van der Waals surface area contributed by atoms with Gasteiger partial charge in [-0.05, 0) is 38.5 Å². The number of aliphatic hydroxyl groups is 1. The van der Waals surface area contributed by atoms with Crippen LogP contribution in [0.4, 0.5) is 0 Å². The van der Waals surface area contributed by atoms with Crippen LogP contribution in [0.5, 0.6) is 0 Å². The summed E-state index contributed by atoms with van der Waals surface area (Å²) in [7, 11) is 0. The third-order valence-corrected chi connectivity index (χ3v) is 4.83. The van der Waals surface area contributed by atoms with Gasteiger partial charge in [-0.15, -0.1) is 0 Å². The second kappa shape index (κ2) is 14.5. The van der Waals surface area contributed by atoms with E-state index in [1.54, 1.807) is 0 Å². The van der Waals surface area contributed by atoms with Crippen molar-refractivity contribution in [2.45, 2.75) is 115 Å². The van der Waals surface area contributed by atoms with Gasteiger partial charge in [-0.2, -0.15) is 0 Å². The first-order chi connectivity index (χ1) is 11.7. The Hall–Kier alpha value is -0.830. The summed E-state index contributed by atoms with van der Waals surface area (Å²) in [5.74, 6) is -0.437. The Morgan fingerprint density at radius 2 is 1.46 bits per heavy atom. The van der Waals surface area contributed by atoms with Gasteiger partial charge in [-0.25, -0.2) is 4.79 Å². The van der Waals surface area contributed by atoms with Crippen molar-refractivity contribution in [1.29, 1.82) is 0 Å². The van der Waals surface area contributed by atoms with Crippen LogP contribution >= 0.6 is 0 Å². The topological polar surface area (TPSA) is 46.5 Å². The summed E-state index contributed by atoms with van der Waals surface area (Å²) < 4.78 is 5.09. The van der Waals surface area contributed by atoms with Crippen molar-refractivity contribution >= 4 is 5.97 Å². The highest BCUT2D eigenvalue weighted by Gasteiger charge is 2.31. The molecule has 0 aromatic heterocycles. The van der Waals surface area contributed by atoms with E-state index in [1.165, 1.54) is 77.0 Å². The number of aliphatic hydroxyl groups excluding tert-OH is 1. The molecule has 1 rings (SSSR count). The maximum Gasteiger partial charge on any atom is 0.335 e. The van der Waals surface area contributed by atoms with E-state index in [2.05, 4.69) is 19.1 Å². The number of esters is 1. The summed E-state index contributed by atoms with van der Waals surface area (Å²) in [6.07, 6.45) is 22.0. The third kappa shape index (κ3) is 10.9. The van der Waals surface area contributed by atoms with E-state index < -0.39 is 12.1 Å². The van der Waals surface area contributed by atoms with E-state index in [-0.39, 0.29) is 6.10 Å². The van der Waals surface area contributed by atoms with Crippen LogP contribution in [0.2, 0.25) is 0 Å². The van der Waals surface area contributed by atoms with E-state index in [0.29, 0.717) is 6.42 Å². The smallest absolute Gasteiger partial charge is 0.335 e. The average molecular weight is 339 g/mol. The Morgan fingerprint density at radius 1 is 0.917 bits per heavy atom. The van der Waals surface area contributed by atoms with Crippen LogP contribution in [0.25, 0.3) is 0 Å². The van der Waals surface area contributed by atoms with Gasteiger partial charge in [0.1, 0.15) is 6.10 Å². The van der Waals surface area contributed by atoms with Crippen LogP contribution in [-0.2, 0) is 9.53 Å². The van der Waals surface area contributed by atoms with Crippen molar-refractivity contribution in [3.63, 3.8) is 0 Å². The number of ether oxygens (including phenoxy) is 1. The van der Waals surface area contributed by atoms with Gasteiger partial charge in [0.05, 0.1) is 0 Å². The number of hydrogen-bond donors (Lipinski definition) is 1. The lowest BCUT2D eigenvalue weighted by Gasteiger charge is -2.07. The molecule has 1 saturated heterocycles. The third-order valence-electron chi connectivity index (χ3n) is 4.83. The second-order valence-electron chi connectivity index (χ2n) is 7.18. The lowest BCUT2D eigenvalue weighted by atomic mass is 10.0. The van der Waals surface area contributed by atoms with Crippen LogP contribution in [0.3, 0.4) is 0 Å². The first-order valence-electron chi connectivity index (χ1n) is 10.3. The maximum absolute atomic E-state index is 11.1. The number of cyclic esters (lactones) is 1. The van der Waals surface area contributed by atoms with Gasteiger partial charge < -0.3 is 9.84 Å². The number of carbonyl (C=O) groups is 1. The Kier molecular flexibility index (Phi) is 12.8. The molecule has 1 aliphatic rings. The van der Waals surface area contributed by atoms with E-state index in [9.17, 15) is 9.90 Å². The minimum Gasteiger partial charge on any atom is -0.460 e. The molecule has 1 fully saturated rings. The molecule has 1 aliphatic heterocycles. The molecule has 0 aromatic carbocycles. The maximum atomic E-state index is 11.1. The number of rotatable bonds is 15. The minimum absolute atomic E-state index is 0.0441. The van der Waals surface area contributed by atoms with Gasteiger partial charge in [0.15, 0.2) is 6.10 Å². The van der Waals surface area contributed by atoms with E-state index >= 15 is 0 Å². The van der Waals surface area contributed by atoms with Gasteiger partial charge in [0, 0.05) is 6.42 Å². The van der Waals surface area contributed by atoms with Crippen LogP contribution in [0.1, 0.15) is 103 Å². The Bertz CT molecular complexity index is 338. The first-order valence-corrected chi connectivity index (χ1v) is 10.3. The van der Waals surface area contributed by atoms with Gasteiger partial charge in [-0.3, -0.25) is 0 Å². The van der Waals surface area contributed by atoms with Gasteiger partial charge in [-0.1, -0.05) is 70.4 Å². The van der Waals surface area contributed by atoms with Crippen LogP contribution in [0.15, 0.2) is 12.2 Å². The summed E-state index contributed by atoms with van der Waals surface area (Å²) in [4.78, 5) is 11.1. The predicted octanol–water partition coefficient (Wildman–Crippen LogP) is 5.70. The Morgan fingerprint density at radius 3 is 2.00 bits per heavy atom. The van der Waals surface area contributed by atoms with E-state index in [0.717, 1.165) is 12.8 Å². The molecule has 3 heteroatoms. The zero-order chi connectivity index (χ0) is 17.5. The number of carbonyl (C=O) groups excluding carboxylic acids is 1. The van der Waals surface area contributed by atoms with Crippen molar-refractivity contribution in [2.75, 3.05) is 0 Å². The van der Waals surface area contributed by atoms with Crippen LogP contribution in [-0.4, -0.2) is 23.3 Å². The van der Waals surface area contributed by atoms with Crippen molar-refractivity contribution in [3.05, 3.63) is 12.2 Å². The molecule has 2 unspecified atom stereocenters. The molecular weight excluding hydrogens is 300 g/mol. The van der Waals surface area contributed by atoms with Crippen LogP contribution < -0.4 is 0 Å². The Labute approximate surface area is 148 Å². The average Bonchev–Trinajstić information content (AvgIpc) is 2.89. The Balaban J connectivity index is 1.77. The molecule has 140 valence electrons. The molecule has 0 bridgehead atoms. The monoisotopic (exact) mass is 338 g/mol. The lowest BCUT2D eigenvalue weighted by molar-refractivity contribution is -0.147. The van der Waals surface area contributed by atoms with Crippen molar-refractivity contribution in [1.82, 2.24) is 0 Å². The van der Waals surface area contributed by atoms with Crippen LogP contribution in [0, 0.1) is 0 Å². The predicted molar refractivity (Wildman–Crippen MR) is 100.0 cm³/mol. The molecule has 0 saturated carbocycles. The normalized spacial score (nSPS) is 20.8. The highest BCUT2D eigenvalue weighted by atomic mass is 16.6. The fraction of sp³-hybridized carbons (Fsp3) is 0.857. The molecule has 24 heavy (non-hydrogen) atoms. The molecule has 0 aliphatic carbocycles. The summed E-state index contributed by atoms with van der Waals surface area (Å²) in [6, 6.07) is 0. The molecule has 0 spiro atoms. The standard InChI is InChI=1S/C21H38O3/c1-2-3-4-5-6-7-8-9-10-11-12-13-14-15-16-17-19-18-20(22)21(23)24-19/h9-10,19-20,22H,2-8,11-18H2,1H3. The summed E-state index contributed by atoms with van der Waals surface area (Å²) >= 11 is 0. The van der Waals surface area contributed by atoms with Crippen molar-refractivity contribution < 1.29 is 14.6 Å². The highest BCUT2D eigenvalue weighted by molar-refractivity contribution is 5.76. The lowest BCUT2D eigenvalue weighted by Crippen LogP contribution is -2.11. The minimum atomic E-state index is -0.877. The summed E-state index contributed by atoms with van der Waals surface area (Å²) in [6.45, 7) is 2.26. The van der Waals surface area contributed by atoms with Gasteiger partial charge in [0.2, 0.25) is 0 Å². The fourth-order valence-corrected chi connectivity index (χ4v) is 3.26. The van der Waals surface area contributed by atoms with E-state index in [4.69, 9.17) is 4.74 Å². The molecule has 1 N–H and O–H groups in total. The van der Waals surface area contributed by atoms with Gasteiger partial charge in [0.25, 0.3) is 0 Å². The molecular formula is C21H38O3. The first kappa shape index (κ1) is 21.2. The zero-order valence-electron chi connectivity index (χ0n) is 15.7. The van der Waals surface area contributed by atoms with Gasteiger partial charge >= 0.3 is 5.97 Å². The molecule has 0 radical (unpaired) electrons. The molecule has 0 aromatic rings. The number of allylic oxidation sites excluding steroid dienone is 2. The SMILES string of the molecule is CCCCCCCCC=CCCCCCCCC1CC(O)C(=O)O1. The quantitative estimate of drug-likeness (QED) is 0.237. The largest absolute Gasteiger partial charge is 0.460 e.